The van der Waals surface area contributed by atoms with Crippen LogP contribution in [0, 0.1) is 19.7 Å². The van der Waals surface area contributed by atoms with E-state index in [9.17, 15) is 27.2 Å². The number of carbonyl (C=O) groups is 2. The third kappa shape index (κ3) is 4.82. The van der Waals surface area contributed by atoms with Crippen LogP contribution in [0.2, 0.25) is 0 Å². The number of alkyl halides is 3. The maximum absolute atomic E-state index is 14.1. The van der Waals surface area contributed by atoms with Crippen LogP contribution in [-0.4, -0.2) is 21.8 Å². The number of hydrogen-bond acceptors (Lipinski definition) is 5. The Morgan fingerprint density at radius 3 is 2.12 bits per heavy atom. The molecule has 11 heteroatoms. The number of rotatable bonds is 4. The zero-order valence-electron chi connectivity index (χ0n) is 16.8. The first-order valence-corrected chi connectivity index (χ1v) is 9.14. The van der Waals surface area contributed by atoms with Crippen molar-refractivity contribution in [3.05, 3.63) is 76.4 Å². The fourth-order valence-electron chi connectivity index (χ4n) is 2.89. The number of amides is 2. The summed E-state index contributed by atoms with van der Waals surface area (Å²) in [5.74, 6) is -2.81. The number of carbonyl (C=O) groups excluding carboxylic acids is 2. The van der Waals surface area contributed by atoms with E-state index in [0.717, 1.165) is 13.0 Å². The van der Waals surface area contributed by atoms with Gasteiger partial charge in [-0.1, -0.05) is 6.07 Å². The second-order valence-corrected chi connectivity index (χ2v) is 6.87. The van der Waals surface area contributed by atoms with Gasteiger partial charge in [0.15, 0.2) is 0 Å². The number of nitrogens with two attached hydrogens (primary N) is 1. The molecule has 2 aromatic carbocycles. The minimum atomic E-state index is -4.88. The largest absolute Gasteiger partial charge is 0.419 e. The average molecular weight is 447 g/mol. The van der Waals surface area contributed by atoms with Gasteiger partial charge in [0.1, 0.15) is 5.82 Å². The molecule has 0 saturated heterocycles. The maximum atomic E-state index is 14.1. The minimum absolute atomic E-state index is 0.0406. The van der Waals surface area contributed by atoms with E-state index in [4.69, 9.17) is 5.73 Å². The molecule has 1 aromatic heterocycles. The predicted octanol–water partition coefficient (Wildman–Crippen LogP) is 4.34. The van der Waals surface area contributed by atoms with E-state index >= 15 is 0 Å². The molecule has 32 heavy (non-hydrogen) atoms. The van der Waals surface area contributed by atoms with Gasteiger partial charge in [-0.15, -0.1) is 0 Å². The third-order valence-electron chi connectivity index (χ3n) is 4.61. The molecular formula is C21H17F4N5O2. The third-order valence-corrected chi connectivity index (χ3v) is 4.61. The number of halogens is 4. The van der Waals surface area contributed by atoms with Crippen molar-refractivity contribution in [3.63, 3.8) is 0 Å². The van der Waals surface area contributed by atoms with Gasteiger partial charge >= 0.3 is 6.18 Å². The summed E-state index contributed by atoms with van der Waals surface area (Å²) in [5, 5.41) is 5.06. The highest BCUT2D eigenvalue weighted by Crippen LogP contribution is 2.33. The van der Waals surface area contributed by atoms with Crippen LogP contribution in [0.3, 0.4) is 0 Å². The number of nitrogens with one attached hydrogen (secondary N) is 2. The molecule has 4 N–H and O–H groups in total. The van der Waals surface area contributed by atoms with Crippen LogP contribution in [0.5, 0.6) is 0 Å². The number of nitrogens with zero attached hydrogens (tertiary/aromatic N) is 2. The topological polar surface area (TPSA) is 110 Å². The summed E-state index contributed by atoms with van der Waals surface area (Å²) in [7, 11) is 0. The van der Waals surface area contributed by atoms with Crippen molar-refractivity contribution in [2.24, 2.45) is 0 Å². The summed E-state index contributed by atoms with van der Waals surface area (Å²) in [6.45, 7) is 2.76. The van der Waals surface area contributed by atoms with Crippen molar-refractivity contribution >= 4 is 29.1 Å². The van der Waals surface area contributed by atoms with Gasteiger partial charge < -0.3 is 16.4 Å². The first-order valence-electron chi connectivity index (χ1n) is 9.14. The molecule has 166 valence electrons. The van der Waals surface area contributed by atoms with Crippen LogP contribution in [0.15, 0.2) is 42.7 Å². The molecule has 0 radical (unpaired) electrons. The maximum Gasteiger partial charge on any atom is 0.419 e. The number of hydrogen-bond donors (Lipinski definition) is 3. The van der Waals surface area contributed by atoms with Crippen molar-refractivity contribution in [2.75, 3.05) is 16.4 Å². The van der Waals surface area contributed by atoms with Gasteiger partial charge in [-0.05, 0) is 49.2 Å². The van der Waals surface area contributed by atoms with Gasteiger partial charge in [0.05, 0.1) is 23.6 Å². The van der Waals surface area contributed by atoms with Crippen molar-refractivity contribution < 1.29 is 27.2 Å². The number of benzene rings is 2. The quantitative estimate of drug-likeness (QED) is 0.516. The number of anilines is 3. The minimum Gasteiger partial charge on any atom is -0.368 e. The van der Waals surface area contributed by atoms with Gasteiger partial charge in [-0.3, -0.25) is 9.59 Å². The van der Waals surface area contributed by atoms with Crippen LogP contribution >= 0.6 is 0 Å². The molecular weight excluding hydrogens is 430 g/mol. The van der Waals surface area contributed by atoms with Crippen molar-refractivity contribution in [2.45, 2.75) is 20.0 Å². The standard InChI is InChI=1S/C21H17F4N5O2/c1-10-3-4-12(7-15(10)19(32)30-13-8-27-20(26)28-9-13)29-18(31)14-5-6-16(21(23,24)25)17(22)11(14)2/h3-9H,1-2H3,(H,29,31)(H,30,32)(H2,26,27,28). The van der Waals surface area contributed by atoms with Gasteiger partial charge in [-0.25, -0.2) is 14.4 Å². The van der Waals surface area contributed by atoms with Crippen molar-refractivity contribution in [1.82, 2.24) is 9.97 Å². The van der Waals surface area contributed by atoms with Gasteiger partial charge in [-0.2, -0.15) is 13.2 Å². The van der Waals surface area contributed by atoms with E-state index in [0.29, 0.717) is 17.3 Å². The summed E-state index contributed by atoms with van der Waals surface area (Å²) in [6.07, 6.45) is -2.23. The van der Waals surface area contributed by atoms with Crippen LogP contribution in [0.4, 0.5) is 34.9 Å². The first kappa shape index (κ1) is 22.7. The van der Waals surface area contributed by atoms with E-state index in [1.54, 1.807) is 13.0 Å². The normalized spacial score (nSPS) is 11.2. The molecule has 3 rings (SSSR count). The Kier molecular flexibility index (Phi) is 6.10. The van der Waals surface area contributed by atoms with Crippen molar-refractivity contribution in [3.8, 4) is 0 Å². The lowest BCUT2D eigenvalue weighted by Crippen LogP contribution is -2.18. The Hall–Kier alpha value is -4.02. The van der Waals surface area contributed by atoms with E-state index in [1.807, 2.05) is 0 Å². The summed E-state index contributed by atoms with van der Waals surface area (Å²) >= 11 is 0. The van der Waals surface area contributed by atoms with E-state index in [2.05, 4.69) is 20.6 Å². The van der Waals surface area contributed by atoms with Crippen LogP contribution in [-0.2, 0) is 6.18 Å². The Morgan fingerprint density at radius 1 is 0.906 bits per heavy atom. The van der Waals surface area contributed by atoms with Gasteiger partial charge in [0.25, 0.3) is 11.8 Å². The summed E-state index contributed by atoms with van der Waals surface area (Å²) in [6, 6.07) is 5.88. The molecule has 0 atom stereocenters. The highest BCUT2D eigenvalue weighted by molar-refractivity contribution is 6.08. The van der Waals surface area contributed by atoms with Crippen LogP contribution in [0.1, 0.15) is 37.4 Å². The molecule has 0 unspecified atom stereocenters. The molecule has 0 aliphatic rings. The predicted molar refractivity (Wildman–Crippen MR) is 110 cm³/mol. The molecule has 0 spiro atoms. The smallest absolute Gasteiger partial charge is 0.368 e. The summed E-state index contributed by atoms with van der Waals surface area (Å²) in [5.41, 5.74) is 4.55. The fraction of sp³-hybridized carbons (Fsp3) is 0.143. The molecule has 3 aromatic rings. The molecule has 0 bridgehead atoms. The Morgan fingerprint density at radius 2 is 1.50 bits per heavy atom. The molecule has 0 aliphatic heterocycles. The second-order valence-electron chi connectivity index (χ2n) is 6.87. The highest BCUT2D eigenvalue weighted by atomic mass is 19.4. The average Bonchev–Trinajstić information content (AvgIpc) is 2.72. The van der Waals surface area contributed by atoms with Crippen molar-refractivity contribution in [1.29, 1.82) is 0 Å². The first-order chi connectivity index (χ1) is 15.0. The number of aromatic nitrogens is 2. The monoisotopic (exact) mass is 447 g/mol. The fourth-order valence-corrected chi connectivity index (χ4v) is 2.89. The molecule has 0 fully saturated rings. The molecule has 2 amide bonds. The van der Waals surface area contributed by atoms with Gasteiger partial charge in [0, 0.05) is 16.8 Å². The number of aryl methyl sites for hydroxylation is 1. The van der Waals surface area contributed by atoms with Gasteiger partial charge in [0.2, 0.25) is 5.95 Å². The SMILES string of the molecule is Cc1ccc(NC(=O)c2ccc(C(F)(F)F)c(F)c2C)cc1C(=O)Nc1cnc(N)nc1. The van der Waals surface area contributed by atoms with E-state index in [-0.39, 0.29) is 22.8 Å². The lowest BCUT2D eigenvalue weighted by atomic mass is 10.0. The Balaban J connectivity index is 1.83. The van der Waals surface area contributed by atoms with Crippen LogP contribution in [0.25, 0.3) is 0 Å². The molecule has 0 aliphatic carbocycles. The molecule has 0 saturated carbocycles. The summed E-state index contributed by atoms with van der Waals surface area (Å²) < 4.78 is 52.7. The highest BCUT2D eigenvalue weighted by Gasteiger charge is 2.35. The number of nitrogen functional groups attached to an aromatic ring is 1. The van der Waals surface area contributed by atoms with E-state index < -0.39 is 34.9 Å². The summed E-state index contributed by atoms with van der Waals surface area (Å²) in [4.78, 5) is 32.7. The van der Waals surface area contributed by atoms with E-state index in [1.165, 1.54) is 24.5 Å². The molecule has 7 nitrogen and oxygen atoms in total. The zero-order valence-corrected chi connectivity index (χ0v) is 16.8. The Labute approximate surface area is 179 Å². The van der Waals surface area contributed by atoms with Crippen LogP contribution < -0.4 is 16.4 Å². The molecule has 1 heterocycles. The second kappa shape index (κ2) is 8.61. The zero-order chi connectivity index (χ0) is 23.6. The Bertz CT molecular complexity index is 1190. The lowest BCUT2D eigenvalue weighted by Gasteiger charge is -2.14. The lowest BCUT2D eigenvalue weighted by molar-refractivity contribution is -0.140.